The Morgan fingerprint density at radius 2 is 1.88 bits per heavy atom. The quantitative estimate of drug-likeness (QED) is 0.268. The van der Waals surface area contributed by atoms with Crippen LogP contribution in [-0.2, 0) is 9.53 Å². The highest BCUT2D eigenvalue weighted by Gasteiger charge is 2.61. The Balaban J connectivity index is 1.38. The van der Waals surface area contributed by atoms with E-state index in [2.05, 4.69) is 25.0 Å². The minimum Gasteiger partial charge on any atom is -0.459 e. The Labute approximate surface area is 202 Å². The van der Waals surface area contributed by atoms with Crippen LogP contribution in [-0.4, -0.2) is 28.6 Å². The smallest absolute Gasteiger partial charge is 0.339 e. The van der Waals surface area contributed by atoms with E-state index < -0.39 is 23.6 Å². The van der Waals surface area contributed by atoms with Crippen molar-refractivity contribution in [3.63, 3.8) is 0 Å². The number of aliphatic hydroxyl groups is 1. The van der Waals surface area contributed by atoms with Crippen LogP contribution in [0, 0.1) is 29.6 Å². The summed E-state index contributed by atoms with van der Waals surface area (Å²) in [5.41, 5.74) is 0.396. The van der Waals surface area contributed by atoms with Gasteiger partial charge in [0.1, 0.15) is 6.10 Å². The van der Waals surface area contributed by atoms with Gasteiger partial charge in [-0.3, -0.25) is 4.79 Å². The molecule has 0 bridgehead atoms. The number of carbonyl (C=O) groups is 2. The van der Waals surface area contributed by atoms with Crippen molar-refractivity contribution in [2.75, 3.05) is 0 Å². The Kier molecular flexibility index (Phi) is 5.68. The number of allylic oxidation sites excluding steroid dienone is 1. The van der Waals surface area contributed by atoms with E-state index in [1.54, 1.807) is 24.3 Å². The number of Topliss-reactive ketones (excluding diaryl/α,β-unsaturated/α-hetero) is 1. The molecule has 3 fully saturated rings. The van der Waals surface area contributed by atoms with Crippen molar-refractivity contribution in [1.82, 2.24) is 0 Å². The highest BCUT2D eigenvalue weighted by Crippen LogP contribution is 2.54. The number of hydrogen-bond donors (Lipinski definition) is 1. The molecule has 33 heavy (non-hydrogen) atoms. The molecule has 1 aliphatic heterocycles. The molecule has 4 nitrogen and oxygen atoms in total. The fourth-order valence-corrected chi connectivity index (χ4v) is 7.64. The van der Waals surface area contributed by atoms with Gasteiger partial charge in [-0.25, -0.2) is 4.79 Å². The zero-order valence-electron chi connectivity index (χ0n) is 18.6. The normalized spacial score (nSPS) is 30.8. The highest BCUT2D eigenvalue weighted by atomic mass is 32.1. The van der Waals surface area contributed by atoms with Gasteiger partial charge < -0.3 is 9.84 Å². The molecule has 0 unspecified atom stereocenters. The van der Waals surface area contributed by atoms with E-state index in [9.17, 15) is 14.7 Å². The van der Waals surface area contributed by atoms with Crippen molar-refractivity contribution in [3.8, 4) is 21.6 Å². The zero-order valence-corrected chi connectivity index (χ0v) is 20.2. The molecular weight excluding hydrogens is 452 g/mol. The molecule has 2 aliphatic carbocycles. The van der Waals surface area contributed by atoms with Crippen LogP contribution in [0.1, 0.15) is 53.6 Å². The summed E-state index contributed by atoms with van der Waals surface area (Å²) in [5, 5.41) is 11.5. The van der Waals surface area contributed by atoms with Crippen LogP contribution < -0.4 is 0 Å². The van der Waals surface area contributed by atoms with Gasteiger partial charge in [-0.05, 0) is 62.8 Å². The molecule has 170 valence electrons. The first kappa shape index (κ1) is 22.3. The van der Waals surface area contributed by atoms with E-state index in [4.69, 9.17) is 4.74 Å². The predicted octanol–water partition coefficient (Wildman–Crippen LogP) is 5.63. The van der Waals surface area contributed by atoms with Crippen molar-refractivity contribution < 1.29 is 19.4 Å². The Bertz CT molecular complexity index is 1220. The monoisotopic (exact) mass is 478 g/mol. The summed E-state index contributed by atoms with van der Waals surface area (Å²) in [6.07, 6.45) is 2.47. The minimum absolute atomic E-state index is 0.00865. The summed E-state index contributed by atoms with van der Waals surface area (Å²) >= 11 is 2.96. The third kappa shape index (κ3) is 3.73. The summed E-state index contributed by atoms with van der Waals surface area (Å²) in [4.78, 5) is 29.7. The summed E-state index contributed by atoms with van der Waals surface area (Å²) in [6.45, 7) is 10.3. The second kappa shape index (κ2) is 8.39. The van der Waals surface area contributed by atoms with Crippen LogP contribution in [0.3, 0.4) is 0 Å². The Morgan fingerprint density at radius 3 is 2.67 bits per heavy atom. The lowest BCUT2D eigenvalue weighted by Gasteiger charge is -2.29. The fraction of sp³-hybridized carbons (Fsp3) is 0.407. The molecule has 1 N–H and O–H groups in total. The van der Waals surface area contributed by atoms with E-state index >= 15 is 0 Å². The summed E-state index contributed by atoms with van der Waals surface area (Å²) in [7, 11) is 0. The molecule has 0 amide bonds. The zero-order chi connectivity index (χ0) is 23.3. The number of ketones is 1. The molecular formula is C27H26O4S2. The van der Waals surface area contributed by atoms with Crippen molar-refractivity contribution in [3.05, 3.63) is 58.3 Å². The van der Waals surface area contributed by atoms with Crippen LogP contribution in [0.5, 0.6) is 0 Å². The standard InChI is InChI=1S/C27H26O4S2/c1-4-5-17-8-11-22(32-17)23-13-12-21(33-23)20(28)14-27(30)19-10-7-15(2)18-9-6-16(3)24(18)25(19)31-26(27)29/h8,11-13,18-19,24-25,30H,2-3,6-7,9-10,14H2,1H3/t18-,19-,24+,25+,27+/m1/s1. The third-order valence-electron chi connectivity index (χ3n) is 7.35. The topological polar surface area (TPSA) is 63.6 Å². The van der Waals surface area contributed by atoms with Crippen molar-refractivity contribution in [2.24, 2.45) is 17.8 Å². The van der Waals surface area contributed by atoms with E-state index in [1.807, 2.05) is 18.2 Å². The average Bonchev–Trinajstić information content (AvgIpc) is 3.53. The Morgan fingerprint density at radius 1 is 1.15 bits per heavy atom. The molecule has 0 spiro atoms. The van der Waals surface area contributed by atoms with Gasteiger partial charge in [-0.2, -0.15) is 0 Å². The largest absolute Gasteiger partial charge is 0.459 e. The average molecular weight is 479 g/mol. The van der Waals surface area contributed by atoms with Gasteiger partial charge in [-0.15, -0.1) is 28.6 Å². The number of ether oxygens (including phenoxy) is 1. The molecule has 5 atom stereocenters. The fourth-order valence-electron chi connectivity index (χ4n) is 5.69. The molecule has 0 radical (unpaired) electrons. The number of fused-ring (bicyclic) bond motifs is 3. The lowest BCUT2D eigenvalue weighted by atomic mass is 9.75. The van der Waals surface area contributed by atoms with Gasteiger partial charge in [0.15, 0.2) is 11.4 Å². The maximum Gasteiger partial charge on any atom is 0.339 e. The summed E-state index contributed by atoms with van der Waals surface area (Å²) in [6, 6.07) is 7.66. The Hall–Kier alpha value is -2.46. The maximum atomic E-state index is 13.2. The summed E-state index contributed by atoms with van der Waals surface area (Å²) < 4.78 is 5.78. The number of esters is 1. The second-order valence-corrected chi connectivity index (χ2v) is 11.4. The molecule has 3 heterocycles. The van der Waals surface area contributed by atoms with Gasteiger partial charge in [0.2, 0.25) is 0 Å². The predicted molar refractivity (Wildman–Crippen MR) is 131 cm³/mol. The van der Waals surface area contributed by atoms with E-state index in [1.165, 1.54) is 11.3 Å². The number of carbonyl (C=O) groups excluding carboxylic acids is 2. The van der Waals surface area contributed by atoms with Crippen LogP contribution in [0.25, 0.3) is 9.75 Å². The molecule has 6 heteroatoms. The lowest BCUT2D eigenvalue weighted by molar-refractivity contribution is -0.156. The number of hydrogen-bond acceptors (Lipinski definition) is 6. The first-order valence-electron chi connectivity index (χ1n) is 11.3. The van der Waals surface area contributed by atoms with Crippen molar-refractivity contribution in [1.29, 1.82) is 0 Å². The van der Waals surface area contributed by atoms with Gasteiger partial charge in [0.25, 0.3) is 0 Å². The molecule has 0 aromatic carbocycles. The molecule has 5 rings (SSSR count). The first-order chi connectivity index (χ1) is 15.8. The van der Waals surface area contributed by atoms with Gasteiger partial charge in [0.05, 0.1) is 16.2 Å². The van der Waals surface area contributed by atoms with Crippen LogP contribution in [0.4, 0.5) is 0 Å². The van der Waals surface area contributed by atoms with E-state index in [-0.39, 0.29) is 24.0 Å². The molecule has 3 aliphatic rings. The first-order valence-corrected chi connectivity index (χ1v) is 12.9. The summed E-state index contributed by atoms with van der Waals surface area (Å²) in [5.74, 6) is 4.84. The highest BCUT2D eigenvalue weighted by molar-refractivity contribution is 7.23. The van der Waals surface area contributed by atoms with Crippen molar-refractivity contribution >= 4 is 34.4 Å². The second-order valence-electron chi connectivity index (χ2n) is 9.23. The molecule has 2 aromatic heterocycles. The van der Waals surface area contributed by atoms with E-state index in [0.717, 1.165) is 45.0 Å². The van der Waals surface area contributed by atoms with Gasteiger partial charge >= 0.3 is 5.97 Å². The van der Waals surface area contributed by atoms with Crippen molar-refractivity contribution in [2.45, 2.75) is 50.7 Å². The third-order valence-corrected chi connectivity index (χ3v) is 9.67. The minimum atomic E-state index is -1.81. The van der Waals surface area contributed by atoms with Gasteiger partial charge in [0, 0.05) is 21.6 Å². The molecule has 2 saturated carbocycles. The van der Waals surface area contributed by atoms with Crippen LogP contribution in [0.2, 0.25) is 0 Å². The van der Waals surface area contributed by atoms with Gasteiger partial charge in [-0.1, -0.05) is 30.2 Å². The lowest BCUT2D eigenvalue weighted by Crippen LogP contribution is -2.44. The van der Waals surface area contributed by atoms with Crippen LogP contribution >= 0.6 is 22.7 Å². The number of rotatable bonds is 4. The molecule has 1 saturated heterocycles. The maximum absolute atomic E-state index is 13.2. The van der Waals surface area contributed by atoms with E-state index in [0.29, 0.717) is 11.3 Å². The molecule has 2 aromatic rings. The SMILES string of the molecule is C=C1CC[C@@H]2C(=C)CC[C@@H]3[C@H](OC(=O)[C@]3(O)CC(=O)c3ccc(-c4ccc(C#CC)s4)s3)[C@@H]12. The number of thiophene rings is 2. The van der Waals surface area contributed by atoms with Crippen LogP contribution in [0.15, 0.2) is 48.6 Å².